The van der Waals surface area contributed by atoms with Crippen LogP contribution < -0.4 is 5.32 Å². The topological polar surface area (TPSA) is 32.3 Å². The Morgan fingerprint density at radius 2 is 1.58 bits per heavy atom. The summed E-state index contributed by atoms with van der Waals surface area (Å²) in [5, 5.41) is 3.26. The second-order valence-corrected chi connectivity index (χ2v) is 7.80. The van der Waals surface area contributed by atoms with Gasteiger partial charge in [0.2, 0.25) is 5.91 Å². The summed E-state index contributed by atoms with van der Waals surface area (Å²) in [6.07, 6.45) is 9.97. The van der Waals surface area contributed by atoms with Crippen molar-refractivity contribution in [2.24, 2.45) is 0 Å². The van der Waals surface area contributed by atoms with Crippen LogP contribution in [0.1, 0.15) is 68.1 Å². The van der Waals surface area contributed by atoms with E-state index in [1.165, 1.54) is 61.6 Å². The molecule has 3 nitrogen and oxygen atoms in total. The third kappa shape index (κ3) is 3.83. The molecule has 1 aromatic carbocycles. The summed E-state index contributed by atoms with van der Waals surface area (Å²) in [6.45, 7) is 7.39. The number of nitrogens with one attached hydrogen (secondary N) is 1. The van der Waals surface area contributed by atoms with Gasteiger partial charge in [-0.3, -0.25) is 9.69 Å². The molecule has 3 rings (SSSR count). The first-order valence-corrected chi connectivity index (χ1v) is 9.70. The van der Waals surface area contributed by atoms with Crippen molar-refractivity contribution in [1.29, 1.82) is 0 Å². The number of hydrogen-bond acceptors (Lipinski definition) is 2. The van der Waals surface area contributed by atoms with Crippen LogP contribution in [0.15, 0.2) is 12.1 Å². The zero-order valence-electron chi connectivity index (χ0n) is 15.5. The van der Waals surface area contributed by atoms with Crippen molar-refractivity contribution < 1.29 is 4.79 Å². The largest absolute Gasteiger partial charge is 0.324 e. The second kappa shape index (κ2) is 7.69. The molecule has 1 atom stereocenters. The van der Waals surface area contributed by atoms with E-state index < -0.39 is 0 Å². The fourth-order valence-electron chi connectivity index (χ4n) is 4.67. The minimum absolute atomic E-state index is 0.0574. The van der Waals surface area contributed by atoms with E-state index in [-0.39, 0.29) is 11.9 Å². The standard InChI is InChI=1S/C21H32N2O/c1-15-13-16(2)20(17(3)14-15)22-21(24)19-11-7-8-12-23(19)18-9-5-4-6-10-18/h13-14,18-19H,4-12H2,1-3H3,(H,22,24)/t19-/m1/s1. The van der Waals surface area contributed by atoms with E-state index in [2.05, 4.69) is 43.1 Å². The Morgan fingerprint density at radius 3 is 2.25 bits per heavy atom. The molecule has 1 aliphatic heterocycles. The van der Waals surface area contributed by atoms with Crippen LogP contribution in [0.25, 0.3) is 0 Å². The third-order valence-corrected chi connectivity index (χ3v) is 5.82. The molecule has 0 aromatic heterocycles. The lowest BCUT2D eigenvalue weighted by molar-refractivity contribution is -0.124. The molecule has 1 amide bonds. The van der Waals surface area contributed by atoms with Crippen molar-refractivity contribution in [3.05, 3.63) is 28.8 Å². The van der Waals surface area contributed by atoms with Crippen LogP contribution >= 0.6 is 0 Å². The fourth-order valence-corrected chi connectivity index (χ4v) is 4.67. The van der Waals surface area contributed by atoms with Gasteiger partial charge in [-0.25, -0.2) is 0 Å². The molecule has 3 heteroatoms. The van der Waals surface area contributed by atoms with Gasteiger partial charge in [0, 0.05) is 11.7 Å². The van der Waals surface area contributed by atoms with E-state index in [4.69, 9.17) is 0 Å². The predicted molar refractivity (Wildman–Crippen MR) is 101 cm³/mol. The van der Waals surface area contributed by atoms with Crippen molar-refractivity contribution in [3.63, 3.8) is 0 Å². The maximum Gasteiger partial charge on any atom is 0.241 e. The molecule has 0 bridgehead atoms. The Kier molecular flexibility index (Phi) is 5.60. The molecule has 1 saturated carbocycles. The van der Waals surface area contributed by atoms with Gasteiger partial charge in [0.25, 0.3) is 0 Å². The summed E-state index contributed by atoms with van der Waals surface area (Å²) >= 11 is 0. The van der Waals surface area contributed by atoms with Crippen LogP contribution in [0, 0.1) is 20.8 Å². The minimum Gasteiger partial charge on any atom is -0.324 e. The smallest absolute Gasteiger partial charge is 0.241 e. The summed E-state index contributed by atoms with van der Waals surface area (Å²) in [6, 6.07) is 4.99. The van der Waals surface area contributed by atoms with Gasteiger partial charge in [0.15, 0.2) is 0 Å². The fraction of sp³-hybridized carbons (Fsp3) is 0.667. The van der Waals surface area contributed by atoms with Gasteiger partial charge >= 0.3 is 0 Å². The normalized spacial score (nSPS) is 23.2. The summed E-state index contributed by atoms with van der Waals surface area (Å²) in [5.41, 5.74) is 4.60. The summed E-state index contributed by atoms with van der Waals surface area (Å²) < 4.78 is 0. The molecular formula is C21H32N2O. The first kappa shape index (κ1) is 17.5. The van der Waals surface area contributed by atoms with E-state index in [1.54, 1.807) is 0 Å². The zero-order valence-corrected chi connectivity index (χ0v) is 15.5. The molecule has 1 N–H and O–H groups in total. The minimum atomic E-state index is 0.0574. The third-order valence-electron chi connectivity index (χ3n) is 5.82. The van der Waals surface area contributed by atoms with E-state index in [0.717, 1.165) is 18.7 Å². The number of hydrogen-bond donors (Lipinski definition) is 1. The van der Waals surface area contributed by atoms with Crippen LogP contribution in [-0.4, -0.2) is 29.4 Å². The number of amides is 1. The number of carbonyl (C=O) groups excluding carboxylic acids is 1. The van der Waals surface area contributed by atoms with Gasteiger partial charge in [0.1, 0.15) is 0 Å². The summed E-state index contributed by atoms with van der Waals surface area (Å²) in [5.74, 6) is 0.204. The van der Waals surface area contributed by atoms with E-state index in [1.807, 2.05) is 0 Å². The van der Waals surface area contributed by atoms with Gasteiger partial charge < -0.3 is 5.32 Å². The summed E-state index contributed by atoms with van der Waals surface area (Å²) in [4.78, 5) is 15.6. The molecule has 0 unspecified atom stereocenters. The number of carbonyl (C=O) groups is 1. The van der Waals surface area contributed by atoms with Gasteiger partial charge in [-0.05, 0) is 64.1 Å². The van der Waals surface area contributed by atoms with Crippen molar-refractivity contribution in [2.45, 2.75) is 84.2 Å². The summed E-state index contributed by atoms with van der Waals surface area (Å²) in [7, 11) is 0. The molecule has 1 aliphatic carbocycles. The SMILES string of the molecule is Cc1cc(C)c(NC(=O)[C@H]2CCCCN2C2CCCCC2)c(C)c1. The Bertz CT molecular complexity index is 566. The van der Waals surface area contributed by atoms with Gasteiger partial charge in [-0.1, -0.05) is 43.4 Å². The molecule has 1 aromatic rings. The van der Waals surface area contributed by atoms with Crippen molar-refractivity contribution >= 4 is 11.6 Å². The lowest BCUT2D eigenvalue weighted by atomic mass is 9.90. The Morgan fingerprint density at radius 1 is 0.958 bits per heavy atom. The molecule has 1 saturated heterocycles. The molecule has 0 radical (unpaired) electrons. The van der Waals surface area contributed by atoms with Gasteiger partial charge in [0.05, 0.1) is 6.04 Å². The Balaban J connectivity index is 1.74. The van der Waals surface area contributed by atoms with Crippen LogP contribution in [-0.2, 0) is 4.79 Å². The Labute approximate surface area is 146 Å². The second-order valence-electron chi connectivity index (χ2n) is 7.80. The van der Waals surface area contributed by atoms with E-state index in [0.29, 0.717) is 6.04 Å². The van der Waals surface area contributed by atoms with Crippen molar-refractivity contribution in [1.82, 2.24) is 4.90 Å². The molecule has 132 valence electrons. The van der Waals surface area contributed by atoms with Gasteiger partial charge in [-0.15, -0.1) is 0 Å². The number of piperidine rings is 1. The maximum absolute atomic E-state index is 13.1. The van der Waals surface area contributed by atoms with Crippen LogP contribution in [0.5, 0.6) is 0 Å². The van der Waals surface area contributed by atoms with Crippen molar-refractivity contribution in [3.8, 4) is 0 Å². The number of nitrogens with zero attached hydrogens (tertiary/aromatic N) is 1. The average molecular weight is 329 g/mol. The van der Waals surface area contributed by atoms with Crippen LogP contribution in [0.2, 0.25) is 0 Å². The number of anilines is 1. The Hall–Kier alpha value is -1.35. The maximum atomic E-state index is 13.1. The van der Waals surface area contributed by atoms with Crippen LogP contribution in [0.4, 0.5) is 5.69 Å². The first-order chi connectivity index (χ1) is 11.6. The highest BCUT2D eigenvalue weighted by Crippen LogP contribution is 2.30. The van der Waals surface area contributed by atoms with E-state index >= 15 is 0 Å². The molecule has 2 fully saturated rings. The average Bonchev–Trinajstić information content (AvgIpc) is 2.58. The highest BCUT2D eigenvalue weighted by atomic mass is 16.2. The van der Waals surface area contributed by atoms with E-state index in [9.17, 15) is 4.79 Å². The lowest BCUT2D eigenvalue weighted by Gasteiger charge is -2.42. The number of benzene rings is 1. The highest BCUT2D eigenvalue weighted by Gasteiger charge is 2.34. The van der Waals surface area contributed by atoms with Crippen LogP contribution in [0.3, 0.4) is 0 Å². The first-order valence-electron chi connectivity index (χ1n) is 9.70. The quantitative estimate of drug-likeness (QED) is 0.869. The number of rotatable bonds is 3. The van der Waals surface area contributed by atoms with Gasteiger partial charge in [-0.2, -0.15) is 0 Å². The molecule has 24 heavy (non-hydrogen) atoms. The monoisotopic (exact) mass is 328 g/mol. The van der Waals surface area contributed by atoms with Crippen molar-refractivity contribution in [2.75, 3.05) is 11.9 Å². The molecule has 2 aliphatic rings. The molecule has 1 heterocycles. The zero-order chi connectivity index (χ0) is 17.1. The molecule has 0 spiro atoms. The lowest BCUT2D eigenvalue weighted by Crippen LogP contribution is -2.52. The highest BCUT2D eigenvalue weighted by molar-refractivity contribution is 5.96. The predicted octanol–water partition coefficient (Wildman–Crippen LogP) is 4.74. The molecular weight excluding hydrogens is 296 g/mol. The number of likely N-dealkylation sites (tertiary alicyclic amines) is 1. The number of aryl methyl sites for hydroxylation is 3.